The normalized spacial score (nSPS) is 17.1. The van der Waals surface area contributed by atoms with Crippen LogP contribution in [0.1, 0.15) is 17.0 Å². The molecule has 0 unspecified atom stereocenters. The van der Waals surface area contributed by atoms with Crippen LogP contribution in [0.5, 0.6) is 0 Å². The second-order valence-electron chi connectivity index (χ2n) is 3.12. The number of nitrogens with zero attached hydrogens (tertiary/aromatic N) is 2. The molecule has 0 saturated carbocycles. The first-order valence-corrected chi connectivity index (χ1v) is 4.36. The number of rotatable bonds is 0. The van der Waals surface area contributed by atoms with Gasteiger partial charge >= 0.3 is 6.18 Å². The lowest BCUT2D eigenvalue weighted by molar-refractivity contribution is -0.141. The molecule has 0 radical (unpaired) electrons. The zero-order valence-corrected chi connectivity index (χ0v) is 7.94. The van der Waals surface area contributed by atoms with E-state index < -0.39 is 11.9 Å². The summed E-state index contributed by atoms with van der Waals surface area (Å²) in [6, 6.07) is 2.47. The van der Waals surface area contributed by atoms with Crippen LogP contribution in [0.15, 0.2) is 12.1 Å². The number of halogens is 3. The molecule has 0 aromatic carbocycles. The van der Waals surface area contributed by atoms with E-state index in [1.165, 1.54) is 6.07 Å². The van der Waals surface area contributed by atoms with E-state index in [4.69, 9.17) is 0 Å². The first-order valence-electron chi connectivity index (χ1n) is 3.96. The lowest BCUT2D eigenvalue weighted by atomic mass is 10.2. The topological polar surface area (TPSA) is 16.1 Å². The molecule has 0 amide bonds. The van der Waals surface area contributed by atoms with Crippen molar-refractivity contribution < 1.29 is 13.2 Å². The Kier molecular flexibility index (Phi) is 2.19. The molecule has 0 fully saturated rings. The molecule has 0 N–H and O–H groups in total. The van der Waals surface area contributed by atoms with Gasteiger partial charge in [-0.2, -0.15) is 13.2 Å². The molecule has 1 aromatic rings. The zero-order chi connectivity index (χ0) is 10.3. The highest BCUT2D eigenvalue weighted by atomic mass is 32.1. The maximum absolute atomic E-state index is 12.3. The number of fused-ring (bicyclic) bond motifs is 1. The van der Waals surface area contributed by atoms with Crippen molar-refractivity contribution in [2.75, 3.05) is 0 Å². The smallest absolute Gasteiger partial charge is 0.247 e. The van der Waals surface area contributed by atoms with Crippen molar-refractivity contribution in [3.63, 3.8) is 0 Å². The fraction of sp³-hybridized carbons (Fsp3) is 0.375. The van der Waals surface area contributed by atoms with Gasteiger partial charge in [-0.1, -0.05) is 18.9 Å². The van der Waals surface area contributed by atoms with Crippen LogP contribution < -0.4 is 0 Å². The highest BCUT2D eigenvalue weighted by Crippen LogP contribution is 2.30. The average Bonchev–Trinajstić information content (AvgIpc) is 2.41. The number of pyridine rings is 1. The van der Waals surface area contributed by atoms with E-state index in [0.29, 0.717) is 18.8 Å². The van der Waals surface area contributed by atoms with E-state index in [-0.39, 0.29) is 0 Å². The van der Waals surface area contributed by atoms with Crippen molar-refractivity contribution in [2.45, 2.75) is 19.3 Å². The molecule has 0 aliphatic carbocycles. The lowest BCUT2D eigenvalue weighted by Gasteiger charge is -2.06. The maximum atomic E-state index is 12.3. The first-order chi connectivity index (χ1) is 6.47. The predicted octanol–water partition coefficient (Wildman–Crippen LogP) is 2.26. The molecular formula is C8H7F3N2S. The number of thiol groups is 1. The summed E-state index contributed by atoms with van der Waals surface area (Å²) in [6.07, 6.45) is -4.36. The van der Waals surface area contributed by atoms with Gasteiger partial charge in [0.2, 0.25) is 0 Å². The van der Waals surface area contributed by atoms with Gasteiger partial charge in [0.15, 0.2) is 0 Å². The van der Waals surface area contributed by atoms with Crippen molar-refractivity contribution in [1.29, 1.82) is 0 Å². The lowest BCUT2D eigenvalue weighted by Crippen LogP contribution is -2.09. The Balaban J connectivity index is 2.38. The maximum Gasteiger partial charge on any atom is 0.433 e. The monoisotopic (exact) mass is 220 g/mol. The standard InChI is InChI=1S/C8H7F3N2S/c9-8(10,11)7-2-1-5-3-13(14)4-6(5)12-7/h1-2,14H,3-4H2. The van der Waals surface area contributed by atoms with Crippen LogP contribution in [-0.2, 0) is 19.3 Å². The third-order valence-corrected chi connectivity index (χ3v) is 2.33. The molecule has 0 bridgehead atoms. The van der Waals surface area contributed by atoms with Crippen LogP contribution in [0.4, 0.5) is 13.2 Å². The second kappa shape index (κ2) is 3.13. The Morgan fingerprint density at radius 2 is 2.00 bits per heavy atom. The quantitative estimate of drug-likeness (QED) is 0.675. The van der Waals surface area contributed by atoms with Crippen molar-refractivity contribution in [2.24, 2.45) is 0 Å². The highest BCUT2D eigenvalue weighted by molar-refractivity contribution is 7.77. The van der Waals surface area contributed by atoms with Crippen LogP contribution in [0.2, 0.25) is 0 Å². The number of hydrogen-bond acceptors (Lipinski definition) is 3. The second-order valence-corrected chi connectivity index (χ2v) is 3.69. The average molecular weight is 220 g/mol. The number of aromatic nitrogens is 1. The third-order valence-electron chi connectivity index (χ3n) is 2.04. The van der Waals surface area contributed by atoms with Crippen LogP contribution in [0, 0.1) is 0 Å². The fourth-order valence-corrected chi connectivity index (χ4v) is 1.68. The molecular weight excluding hydrogens is 213 g/mol. The summed E-state index contributed by atoms with van der Waals surface area (Å²) in [5.74, 6) is 0. The number of alkyl halides is 3. The van der Waals surface area contributed by atoms with Gasteiger partial charge < -0.3 is 0 Å². The Bertz CT molecular complexity index is 364. The van der Waals surface area contributed by atoms with Crippen LogP contribution in [-0.4, -0.2) is 9.29 Å². The van der Waals surface area contributed by atoms with E-state index >= 15 is 0 Å². The molecule has 2 nitrogen and oxygen atoms in total. The minimum absolute atomic E-state index is 0.363. The molecule has 1 aliphatic rings. The van der Waals surface area contributed by atoms with E-state index in [2.05, 4.69) is 17.8 Å². The van der Waals surface area contributed by atoms with Gasteiger partial charge in [-0.05, 0) is 11.6 Å². The van der Waals surface area contributed by atoms with Gasteiger partial charge in [-0.25, -0.2) is 9.29 Å². The summed E-state index contributed by atoms with van der Waals surface area (Å²) < 4.78 is 38.4. The van der Waals surface area contributed by atoms with Gasteiger partial charge in [0.05, 0.1) is 12.2 Å². The van der Waals surface area contributed by atoms with Gasteiger partial charge in [-0.3, -0.25) is 0 Å². The summed E-state index contributed by atoms with van der Waals surface area (Å²) in [5.41, 5.74) is 0.447. The molecule has 2 heterocycles. The molecule has 0 atom stereocenters. The van der Waals surface area contributed by atoms with Gasteiger partial charge in [-0.15, -0.1) is 0 Å². The molecule has 6 heteroatoms. The van der Waals surface area contributed by atoms with E-state index in [1.54, 1.807) is 4.31 Å². The van der Waals surface area contributed by atoms with Crippen molar-refractivity contribution in [3.05, 3.63) is 29.1 Å². The summed E-state index contributed by atoms with van der Waals surface area (Å²) in [5, 5.41) is 0. The molecule has 1 aromatic heterocycles. The van der Waals surface area contributed by atoms with Gasteiger partial charge in [0.25, 0.3) is 0 Å². The van der Waals surface area contributed by atoms with Crippen molar-refractivity contribution in [3.8, 4) is 0 Å². The Morgan fingerprint density at radius 1 is 1.29 bits per heavy atom. The van der Waals surface area contributed by atoms with Gasteiger partial charge in [0, 0.05) is 6.54 Å². The Labute approximate surface area is 84.3 Å². The van der Waals surface area contributed by atoms with E-state index in [1.807, 2.05) is 0 Å². The fourth-order valence-electron chi connectivity index (χ4n) is 1.39. The molecule has 1 aliphatic heterocycles. The predicted molar refractivity (Wildman–Crippen MR) is 47.5 cm³/mol. The summed E-state index contributed by atoms with van der Waals surface area (Å²) in [6.45, 7) is 0.909. The Morgan fingerprint density at radius 3 is 2.64 bits per heavy atom. The zero-order valence-electron chi connectivity index (χ0n) is 7.04. The molecule has 76 valence electrons. The minimum atomic E-state index is -4.36. The summed E-state index contributed by atoms with van der Waals surface area (Å²) in [7, 11) is 0. The highest BCUT2D eigenvalue weighted by Gasteiger charge is 2.33. The molecule has 0 saturated heterocycles. The van der Waals surface area contributed by atoms with E-state index in [9.17, 15) is 13.2 Å². The van der Waals surface area contributed by atoms with Crippen LogP contribution in [0.25, 0.3) is 0 Å². The minimum Gasteiger partial charge on any atom is -0.247 e. The van der Waals surface area contributed by atoms with Crippen molar-refractivity contribution in [1.82, 2.24) is 9.29 Å². The number of hydrogen-bond donors (Lipinski definition) is 1. The first kappa shape index (κ1) is 9.79. The van der Waals surface area contributed by atoms with E-state index in [0.717, 1.165) is 11.6 Å². The van der Waals surface area contributed by atoms with Crippen LogP contribution in [0.3, 0.4) is 0 Å². The largest absolute Gasteiger partial charge is 0.433 e. The molecule has 14 heavy (non-hydrogen) atoms. The van der Waals surface area contributed by atoms with Crippen molar-refractivity contribution >= 4 is 12.8 Å². The SMILES string of the molecule is FC(F)(F)c1ccc2c(n1)CN(S)C2. The Hall–Kier alpha value is -0.750. The van der Waals surface area contributed by atoms with Crippen LogP contribution >= 0.6 is 12.8 Å². The van der Waals surface area contributed by atoms with Gasteiger partial charge in [0.1, 0.15) is 5.69 Å². The summed E-state index contributed by atoms with van der Waals surface area (Å²) in [4.78, 5) is 3.56. The third kappa shape index (κ3) is 1.72. The molecule has 2 rings (SSSR count). The molecule has 0 spiro atoms. The summed E-state index contributed by atoms with van der Waals surface area (Å²) >= 11 is 4.06.